The molecule has 3 saturated carbocycles. The standard InChI is InChI=1S/C31H56O5/c1-9-11-23-29(6,14-13-22(33)19-32)20(10-2)12-15-30(23,7)28(5)17-21-16-27(3,4)25(35)26(36)31(21,8)24(34)18-28/h9,20-26,32-36H,1,10-19H2,2-8H3/t20?,21?,22?,23?,24-,25?,26+,28+,29?,30?,31?/m1/s1. The maximum absolute atomic E-state index is 11.7. The molecule has 3 aliphatic carbocycles. The summed E-state index contributed by atoms with van der Waals surface area (Å²) in [7, 11) is 0. The fourth-order valence-electron chi connectivity index (χ4n) is 9.51. The molecule has 0 aromatic heterocycles. The molecule has 0 radical (unpaired) electrons. The minimum absolute atomic E-state index is 0.0116. The highest BCUT2D eigenvalue weighted by atomic mass is 16.3. The van der Waals surface area contributed by atoms with Gasteiger partial charge in [-0.25, -0.2) is 0 Å². The molecule has 0 aromatic rings. The predicted molar refractivity (Wildman–Crippen MR) is 145 cm³/mol. The first-order valence-electron chi connectivity index (χ1n) is 14.5. The number of aliphatic hydroxyl groups excluding tert-OH is 5. The van der Waals surface area contributed by atoms with E-state index in [1.165, 1.54) is 0 Å². The van der Waals surface area contributed by atoms with Crippen LogP contribution in [0, 0.1) is 44.8 Å². The number of aliphatic hydroxyl groups is 5. The van der Waals surface area contributed by atoms with Crippen molar-refractivity contribution in [3.63, 3.8) is 0 Å². The first kappa shape index (κ1) is 30.1. The third-order valence-electron chi connectivity index (χ3n) is 12.5. The SMILES string of the molecule is C=CCC1C(C)(CCC(O)CO)C(CC)CCC1(C)[C@@]1(C)CC2CC(C)(C)C(O)[C@H](O)C2(C)[C@H](O)C1. The van der Waals surface area contributed by atoms with Crippen LogP contribution >= 0.6 is 0 Å². The fraction of sp³-hybridized carbons (Fsp3) is 0.935. The lowest BCUT2D eigenvalue weighted by Gasteiger charge is -2.68. The van der Waals surface area contributed by atoms with Gasteiger partial charge in [0.15, 0.2) is 0 Å². The summed E-state index contributed by atoms with van der Waals surface area (Å²) in [6.45, 7) is 19.5. The van der Waals surface area contributed by atoms with E-state index in [9.17, 15) is 25.5 Å². The van der Waals surface area contributed by atoms with Gasteiger partial charge in [0.25, 0.3) is 0 Å². The summed E-state index contributed by atoms with van der Waals surface area (Å²) in [5.41, 5.74) is -1.33. The van der Waals surface area contributed by atoms with Crippen LogP contribution in [0.25, 0.3) is 0 Å². The molecule has 0 aliphatic heterocycles. The van der Waals surface area contributed by atoms with Crippen LogP contribution in [0.3, 0.4) is 0 Å². The number of rotatable bonds is 8. The molecule has 5 heteroatoms. The smallest absolute Gasteiger partial charge is 0.0885 e. The molecular formula is C31H56O5. The van der Waals surface area contributed by atoms with Crippen LogP contribution in [0.5, 0.6) is 0 Å². The molecule has 11 atom stereocenters. The zero-order chi connectivity index (χ0) is 27.3. The second-order valence-corrected chi connectivity index (χ2v) is 14.6. The number of hydrogen-bond acceptors (Lipinski definition) is 5. The molecule has 5 N–H and O–H groups in total. The summed E-state index contributed by atoms with van der Waals surface area (Å²) < 4.78 is 0. The van der Waals surface area contributed by atoms with Gasteiger partial charge in [-0.3, -0.25) is 0 Å². The van der Waals surface area contributed by atoms with E-state index in [4.69, 9.17) is 0 Å². The van der Waals surface area contributed by atoms with Gasteiger partial charge in [0, 0.05) is 5.41 Å². The van der Waals surface area contributed by atoms with Crippen molar-refractivity contribution in [3.8, 4) is 0 Å². The van der Waals surface area contributed by atoms with Crippen molar-refractivity contribution in [1.82, 2.24) is 0 Å². The van der Waals surface area contributed by atoms with Crippen molar-refractivity contribution in [1.29, 1.82) is 0 Å². The Morgan fingerprint density at radius 2 is 1.61 bits per heavy atom. The van der Waals surface area contributed by atoms with Crippen molar-refractivity contribution in [3.05, 3.63) is 12.7 Å². The Hall–Kier alpha value is -0.460. The van der Waals surface area contributed by atoms with Crippen LogP contribution in [0.2, 0.25) is 0 Å². The van der Waals surface area contributed by atoms with Gasteiger partial charge in [0.05, 0.1) is 31.0 Å². The minimum atomic E-state index is -0.941. The number of fused-ring (bicyclic) bond motifs is 1. The average molecular weight is 509 g/mol. The summed E-state index contributed by atoms with van der Waals surface area (Å²) in [6.07, 6.45) is 6.84. The lowest BCUT2D eigenvalue weighted by molar-refractivity contribution is -0.254. The van der Waals surface area contributed by atoms with E-state index in [1.807, 2.05) is 20.8 Å². The Labute approximate surface area is 220 Å². The molecule has 0 spiro atoms. The molecule has 210 valence electrons. The molecule has 3 rings (SSSR count). The quantitative estimate of drug-likeness (QED) is 0.294. The van der Waals surface area contributed by atoms with Crippen LogP contribution in [-0.4, -0.2) is 56.6 Å². The highest BCUT2D eigenvalue weighted by Crippen LogP contribution is 2.70. The highest BCUT2D eigenvalue weighted by molar-refractivity contribution is 5.16. The molecule has 5 nitrogen and oxygen atoms in total. The molecule has 3 fully saturated rings. The Bertz CT molecular complexity index is 783. The molecule has 0 aromatic carbocycles. The van der Waals surface area contributed by atoms with Crippen molar-refractivity contribution in [2.75, 3.05) is 6.61 Å². The largest absolute Gasteiger partial charge is 0.394 e. The molecular weight excluding hydrogens is 452 g/mol. The van der Waals surface area contributed by atoms with Crippen LogP contribution in [0.15, 0.2) is 12.7 Å². The Balaban J connectivity index is 2.04. The van der Waals surface area contributed by atoms with E-state index in [2.05, 4.69) is 40.3 Å². The summed E-state index contributed by atoms with van der Waals surface area (Å²) in [6, 6.07) is 0. The summed E-state index contributed by atoms with van der Waals surface area (Å²) in [4.78, 5) is 0. The lowest BCUT2D eigenvalue weighted by Crippen LogP contribution is -2.67. The molecule has 0 amide bonds. The van der Waals surface area contributed by atoms with Crippen LogP contribution in [0.1, 0.15) is 106 Å². The van der Waals surface area contributed by atoms with E-state index < -0.39 is 35.2 Å². The zero-order valence-electron chi connectivity index (χ0n) is 24.1. The van der Waals surface area contributed by atoms with E-state index in [1.54, 1.807) is 0 Å². The minimum Gasteiger partial charge on any atom is -0.394 e. The van der Waals surface area contributed by atoms with Crippen LogP contribution < -0.4 is 0 Å². The third-order valence-corrected chi connectivity index (χ3v) is 12.5. The molecule has 0 saturated heterocycles. The van der Waals surface area contributed by atoms with E-state index in [0.29, 0.717) is 24.7 Å². The van der Waals surface area contributed by atoms with Gasteiger partial charge in [-0.1, -0.05) is 61.0 Å². The lowest BCUT2D eigenvalue weighted by atomic mass is 9.38. The van der Waals surface area contributed by atoms with Gasteiger partial charge >= 0.3 is 0 Å². The van der Waals surface area contributed by atoms with Crippen molar-refractivity contribution < 1.29 is 25.5 Å². The van der Waals surface area contributed by atoms with E-state index in [0.717, 1.165) is 44.9 Å². The normalized spacial score (nSPS) is 49.8. The van der Waals surface area contributed by atoms with E-state index in [-0.39, 0.29) is 28.8 Å². The monoisotopic (exact) mass is 508 g/mol. The Kier molecular flexibility index (Phi) is 8.57. The van der Waals surface area contributed by atoms with Gasteiger partial charge in [0.1, 0.15) is 0 Å². The summed E-state index contributed by atoms with van der Waals surface area (Å²) in [5.74, 6) is 0.988. The number of allylic oxidation sites excluding steroid dienone is 1. The van der Waals surface area contributed by atoms with Gasteiger partial charge in [-0.15, -0.1) is 6.58 Å². The predicted octanol–water partition coefficient (Wildman–Crippen LogP) is 5.08. The van der Waals surface area contributed by atoms with Gasteiger partial charge in [-0.2, -0.15) is 0 Å². The topological polar surface area (TPSA) is 101 Å². The van der Waals surface area contributed by atoms with Crippen molar-refractivity contribution in [2.24, 2.45) is 44.8 Å². The molecule has 0 bridgehead atoms. The molecule has 8 unspecified atom stereocenters. The van der Waals surface area contributed by atoms with Gasteiger partial charge in [0.2, 0.25) is 0 Å². The maximum atomic E-state index is 11.7. The first-order valence-corrected chi connectivity index (χ1v) is 14.5. The van der Waals surface area contributed by atoms with Crippen molar-refractivity contribution >= 4 is 0 Å². The number of hydrogen-bond donors (Lipinski definition) is 5. The maximum Gasteiger partial charge on any atom is 0.0885 e. The molecule has 3 aliphatic rings. The average Bonchev–Trinajstić information content (AvgIpc) is 2.81. The highest BCUT2D eigenvalue weighted by Gasteiger charge is 2.66. The summed E-state index contributed by atoms with van der Waals surface area (Å²) in [5, 5.41) is 53.6. The molecule has 36 heavy (non-hydrogen) atoms. The van der Waals surface area contributed by atoms with Gasteiger partial charge < -0.3 is 25.5 Å². The second kappa shape index (κ2) is 10.3. The Morgan fingerprint density at radius 3 is 2.17 bits per heavy atom. The first-order chi connectivity index (χ1) is 16.6. The third kappa shape index (κ3) is 4.53. The van der Waals surface area contributed by atoms with Crippen LogP contribution in [-0.2, 0) is 0 Å². The Morgan fingerprint density at radius 1 is 0.972 bits per heavy atom. The second-order valence-electron chi connectivity index (χ2n) is 14.6. The molecule has 0 heterocycles. The van der Waals surface area contributed by atoms with Crippen molar-refractivity contribution in [2.45, 2.75) is 131 Å². The van der Waals surface area contributed by atoms with Crippen LogP contribution in [0.4, 0.5) is 0 Å². The van der Waals surface area contributed by atoms with E-state index >= 15 is 0 Å². The zero-order valence-corrected chi connectivity index (χ0v) is 24.1. The van der Waals surface area contributed by atoms with Gasteiger partial charge in [-0.05, 0) is 90.8 Å². The summed E-state index contributed by atoms with van der Waals surface area (Å²) >= 11 is 0. The fourth-order valence-corrected chi connectivity index (χ4v) is 9.51.